The van der Waals surface area contributed by atoms with E-state index >= 15 is 0 Å². The molecule has 1 aliphatic rings. The normalized spacial score (nSPS) is 23.6. The van der Waals surface area contributed by atoms with Crippen LogP contribution in [-0.2, 0) is 15.9 Å². The molecule has 0 aliphatic carbocycles. The fraction of sp³-hybridized carbons (Fsp3) is 0.500. The van der Waals surface area contributed by atoms with Gasteiger partial charge in [0.2, 0.25) is 5.91 Å². The quantitative estimate of drug-likeness (QED) is 0.800. The lowest BCUT2D eigenvalue weighted by atomic mass is 9.72. The van der Waals surface area contributed by atoms with Crippen LogP contribution >= 0.6 is 0 Å². The van der Waals surface area contributed by atoms with Gasteiger partial charge in [-0.2, -0.15) is 0 Å². The maximum Gasteiger partial charge on any atom is 0.478 e. The highest BCUT2D eigenvalue weighted by Crippen LogP contribution is 2.16. The van der Waals surface area contributed by atoms with Crippen LogP contribution in [0, 0.1) is 5.92 Å². The lowest BCUT2D eigenvalue weighted by Crippen LogP contribution is -2.59. The molecule has 0 aromatic heterocycles. The molecule has 1 heterocycles. The lowest BCUT2D eigenvalue weighted by molar-refractivity contribution is -0.131. The number of carbonyl (C=O) groups is 1. The Kier molecular flexibility index (Phi) is 4.61. The third-order valence-corrected chi connectivity index (χ3v) is 3.26. The van der Waals surface area contributed by atoms with Gasteiger partial charge in [-0.3, -0.25) is 4.79 Å². The molecule has 1 amide bonds. The van der Waals surface area contributed by atoms with E-state index in [4.69, 9.17) is 4.65 Å². The van der Waals surface area contributed by atoms with Crippen LogP contribution in [0.1, 0.15) is 25.8 Å². The Bertz CT molecular complexity index is 424. The molecule has 0 bridgehead atoms. The first-order valence-electron chi connectivity index (χ1n) is 6.74. The van der Waals surface area contributed by atoms with Crippen molar-refractivity contribution in [2.45, 2.75) is 38.7 Å². The molecule has 2 N–H and O–H groups in total. The van der Waals surface area contributed by atoms with Gasteiger partial charge in [0.05, 0.1) is 5.94 Å². The predicted octanol–water partition coefficient (Wildman–Crippen LogP) is 1.18. The first-order chi connectivity index (χ1) is 9.06. The van der Waals surface area contributed by atoms with Crippen LogP contribution in [0.5, 0.6) is 0 Å². The summed E-state index contributed by atoms with van der Waals surface area (Å²) in [6, 6.07) is 9.67. The van der Waals surface area contributed by atoms with Crippen LogP contribution in [0.2, 0.25) is 0 Å². The number of benzene rings is 1. The molecule has 19 heavy (non-hydrogen) atoms. The summed E-state index contributed by atoms with van der Waals surface area (Å²) in [7, 11) is -0.922. The SMILES string of the molecule is CC(C)C[C@@H]1NC(=O)[C@H](Cc2ccccc2)OB1O. The van der Waals surface area contributed by atoms with Gasteiger partial charge in [0.1, 0.15) is 6.10 Å². The van der Waals surface area contributed by atoms with Crippen LogP contribution in [-0.4, -0.2) is 30.1 Å². The molecular weight excluding hydrogens is 241 g/mol. The van der Waals surface area contributed by atoms with Gasteiger partial charge in [-0.1, -0.05) is 44.2 Å². The van der Waals surface area contributed by atoms with Gasteiger partial charge in [0.15, 0.2) is 0 Å². The molecule has 2 atom stereocenters. The van der Waals surface area contributed by atoms with Crippen molar-refractivity contribution in [2.75, 3.05) is 0 Å². The summed E-state index contributed by atoms with van der Waals surface area (Å²) in [6.45, 7) is 4.10. The van der Waals surface area contributed by atoms with Crippen molar-refractivity contribution in [3.63, 3.8) is 0 Å². The molecule has 1 saturated heterocycles. The van der Waals surface area contributed by atoms with E-state index < -0.39 is 13.2 Å². The smallest absolute Gasteiger partial charge is 0.426 e. The summed E-state index contributed by atoms with van der Waals surface area (Å²) >= 11 is 0. The molecule has 1 aliphatic heterocycles. The Labute approximate surface area is 114 Å². The molecule has 0 unspecified atom stereocenters. The molecule has 1 aromatic rings. The highest BCUT2D eigenvalue weighted by Gasteiger charge is 2.39. The van der Waals surface area contributed by atoms with Crippen LogP contribution in [0.4, 0.5) is 0 Å². The van der Waals surface area contributed by atoms with Crippen molar-refractivity contribution in [2.24, 2.45) is 5.92 Å². The maximum atomic E-state index is 12.0. The van der Waals surface area contributed by atoms with Gasteiger partial charge in [0.25, 0.3) is 0 Å². The van der Waals surface area contributed by atoms with Crippen LogP contribution in [0.25, 0.3) is 0 Å². The summed E-state index contributed by atoms with van der Waals surface area (Å²) in [4.78, 5) is 12.0. The van der Waals surface area contributed by atoms with Crippen molar-refractivity contribution < 1.29 is 14.5 Å². The second kappa shape index (κ2) is 6.22. The lowest BCUT2D eigenvalue weighted by Gasteiger charge is -2.32. The maximum absolute atomic E-state index is 12.0. The van der Waals surface area contributed by atoms with Gasteiger partial charge in [-0.05, 0) is 17.9 Å². The standard InChI is InChI=1S/C14H20BNO3/c1-10(2)8-13-15(18)19-12(14(17)16-13)9-11-6-4-3-5-7-11/h3-7,10,12-13,18H,8-9H2,1-2H3,(H,16,17)/t12-,13-/m0/s1. The summed E-state index contributed by atoms with van der Waals surface area (Å²) in [6.07, 6.45) is 0.587. The molecule has 0 radical (unpaired) electrons. The topological polar surface area (TPSA) is 58.6 Å². The molecule has 5 heteroatoms. The minimum Gasteiger partial charge on any atom is -0.426 e. The largest absolute Gasteiger partial charge is 0.478 e. The van der Waals surface area contributed by atoms with E-state index in [0.29, 0.717) is 18.8 Å². The monoisotopic (exact) mass is 261 g/mol. The summed E-state index contributed by atoms with van der Waals surface area (Å²) < 4.78 is 5.46. The van der Waals surface area contributed by atoms with E-state index in [1.807, 2.05) is 30.3 Å². The van der Waals surface area contributed by atoms with Crippen molar-refractivity contribution in [3.05, 3.63) is 35.9 Å². The van der Waals surface area contributed by atoms with E-state index in [1.165, 1.54) is 0 Å². The highest BCUT2D eigenvalue weighted by atomic mass is 16.5. The van der Waals surface area contributed by atoms with Gasteiger partial charge in [-0.25, -0.2) is 0 Å². The molecule has 0 saturated carbocycles. The Morgan fingerprint density at radius 3 is 2.68 bits per heavy atom. The predicted molar refractivity (Wildman–Crippen MR) is 74.4 cm³/mol. The fourth-order valence-corrected chi connectivity index (χ4v) is 2.32. The van der Waals surface area contributed by atoms with Crippen molar-refractivity contribution in [1.29, 1.82) is 0 Å². The highest BCUT2D eigenvalue weighted by molar-refractivity contribution is 6.46. The Morgan fingerprint density at radius 1 is 1.37 bits per heavy atom. The molecule has 1 fully saturated rings. The summed E-state index contributed by atoms with van der Waals surface area (Å²) in [5.41, 5.74) is 1.03. The molecule has 0 spiro atoms. The Hall–Kier alpha value is -1.33. The fourth-order valence-electron chi connectivity index (χ4n) is 2.32. The van der Waals surface area contributed by atoms with Crippen LogP contribution < -0.4 is 5.32 Å². The zero-order valence-electron chi connectivity index (χ0n) is 11.4. The zero-order chi connectivity index (χ0) is 13.8. The second-order valence-corrected chi connectivity index (χ2v) is 5.45. The minimum absolute atomic E-state index is 0.139. The van der Waals surface area contributed by atoms with Crippen molar-refractivity contribution >= 4 is 13.0 Å². The zero-order valence-corrected chi connectivity index (χ0v) is 11.4. The number of nitrogens with one attached hydrogen (secondary N) is 1. The molecule has 2 rings (SSSR count). The Balaban J connectivity index is 1.96. The first-order valence-corrected chi connectivity index (χ1v) is 6.74. The summed E-state index contributed by atoms with van der Waals surface area (Å²) in [5, 5.41) is 12.8. The van der Waals surface area contributed by atoms with Gasteiger partial charge in [-0.15, -0.1) is 0 Å². The molecular formula is C14H20BNO3. The molecule has 4 nitrogen and oxygen atoms in total. The van der Waals surface area contributed by atoms with Gasteiger partial charge < -0.3 is 15.0 Å². The number of carbonyl (C=O) groups excluding carboxylic acids is 1. The third-order valence-electron chi connectivity index (χ3n) is 3.26. The van der Waals surface area contributed by atoms with E-state index in [-0.39, 0.29) is 11.8 Å². The molecule has 1 aromatic carbocycles. The van der Waals surface area contributed by atoms with E-state index in [9.17, 15) is 9.82 Å². The Morgan fingerprint density at radius 2 is 2.05 bits per heavy atom. The average molecular weight is 261 g/mol. The third kappa shape index (κ3) is 3.82. The average Bonchev–Trinajstić information content (AvgIpc) is 2.36. The first kappa shape index (κ1) is 14.1. The summed E-state index contributed by atoms with van der Waals surface area (Å²) in [5.74, 6) is -0.0476. The van der Waals surface area contributed by atoms with E-state index in [2.05, 4.69) is 19.2 Å². The van der Waals surface area contributed by atoms with Crippen molar-refractivity contribution in [1.82, 2.24) is 5.32 Å². The number of rotatable bonds is 4. The van der Waals surface area contributed by atoms with Crippen LogP contribution in [0.3, 0.4) is 0 Å². The van der Waals surface area contributed by atoms with Crippen LogP contribution in [0.15, 0.2) is 30.3 Å². The van der Waals surface area contributed by atoms with E-state index in [0.717, 1.165) is 5.56 Å². The van der Waals surface area contributed by atoms with Gasteiger partial charge >= 0.3 is 7.12 Å². The minimum atomic E-state index is -0.922. The number of amides is 1. The number of hydrogen-bond acceptors (Lipinski definition) is 3. The molecule has 102 valence electrons. The van der Waals surface area contributed by atoms with E-state index in [1.54, 1.807) is 0 Å². The number of hydrogen-bond donors (Lipinski definition) is 2. The second-order valence-electron chi connectivity index (χ2n) is 5.45. The van der Waals surface area contributed by atoms with Gasteiger partial charge in [0, 0.05) is 6.42 Å². The van der Waals surface area contributed by atoms with Crippen molar-refractivity contribution in [3.8, 4) is 0 Å².